The van der Waals surface area contributed by atoms with Crippen molar-refractivity contribution in [1.29, 1.82) is 0 Å². The van der Waals surface area contributed by atoms with E-state index in [0.29, 0.717) is 12.1 Å². The van der Waals surface area contributed by atoms with Gasteiger partial charge in [0.1, 0.15) is 11.6 Å². The van der Waals surface area contributed by atoms with E-state index in [1.165, 1.54) is 26.0 Å². The predicted molar refractivity (Wildman–Crippen MR) is 117 cm³/mol. The van der Waals surface area contributed by atoms with E-state index in [-0.39, 0.29) is 36.4 Å². The standard InChI is InChI=1S/C22H23F4N3O4S/c1-13-10-16(5-7-18(13)23)27-20(30)15-4-6-19(24)17(11-15)22(25,26)21(31)29-9-8-28(12-14(29)2)34(3,32)33/h4-7,10-11,14H,8-9,12H2,1-3H3,(H,27,30)/t14-/m0/s1. The second-order valence-electron chi connectivity index (χ2n) is 8.16. The van der Waals surface area contributed by atoms with Crippen LogP contribution in [-0.2, 0) is 20.7 Å². The summed E-state index contributed by atoms with van der Waals surface area (Å²) in [7, 11) is -3.57. The Balaban J connectivity index is 1.84. The number of hydrogen-bond donors (Lipinski definition) is 1. The molecular weight excluding hydrogens is 478 g/mol. The van der Waals surface area contributed by atoms with Crippen LogP contribution in [0, 0.1) is 18.6 Å². The van der Waals surface area contributed by atoms with Crippen molar-refractivity contribution in [3.63, 3.8) is 0 Å². The van der Waals surface area contributed by atoms with Crippen LogP contribution < -0.4 is 5.32 Å². The average molecular weight is 502 g/mol. The lowest BCUT2D eigenvalue weighted by Crippen LogP contribution is -2.58. The summed E-state index contributed by atoms with van der Waals surface area (Å²) in [4.78, 5) is 26.0. The van der Waals surface area contributed by atoms with E-state index in [1.807, 2.05) is 0 Å². The minimum atomic E-state index is -4.31. The van der Waals surface area contributed by atoms with Gasteiger partial charge in [0, 0.05) is 36.9 Å². The molecule has 7 nitrogen and oxygen atoms in total. The summed E-state index contributed by atoms with van der Waals surface area (Å²) in [6, 6.07) is 5.10. The average Bonchev–Trinajstić information content (AvgIpc) is 2.75. The van der Waals surface area contributed by atoms with E-state index >= 15 is 8.78 Å². The largest absolute Gasteiger partial charge is 0.352 e. The Morgan fingerprint density at radius 1 is 1.06 bits per heavy atom. The third kappa shape index (κ3) is 5.22. The fourth-order valence-electron chi connectivity index (χ4n) is 3.66. The van der Waals surface area contributed by atoms with Crippen LogP contribution in [0.15, 0.2) is 36.4 Å². The molecule has 0 unspecified atom stereocenters. The van der Waals surface area contributed by atoms with Gasteiger partial charge in [-0.1, -0.05) is 0 Å². The first kappa shape index (κ1) is 25.6. The van der Waals surface area contributed by atoms with Crippen molar-refractivity contribution in [3.8, 4) is 0 Å². The van der Waals surface area contributed by atoms with Crippen LogP contribution in [-0.4, -0.2) is 61.4 Å². The summed E-state index contributed by atoms with van der Waals surface area (Å²) >= 11 is 0. The lowest BCUT2D eigenvalue weighted by atomic mass is 10.0. The van der Waals surface area contributed by atoms with Crippen molar-refractivity contribution < 1.29 is 35.6 Å². The van der Waals surface area contributed by atoms with Gasteiger partial charge in [0.2, 0.25) is 10.0 Å². The minimum Gasteiger partial charge on any atom is -0.332 e. The van der Waals surface area contributed by atoms with Crippen LogP contribution in [0.25, 0.3) is 0 Å². The molecule has 1 fully saturated rings. The molecule has 184 valence electrons. The number of hydrogen-bond acceptors (Lipinski definition) is 4. The summed E-state index contributed by atoms with van der Waals surface area (Å²) in [5.74, 6) is -8.74. The van der Waals surface area contributed by atoms with Crippen LogP contribution >= 0.6 is 0 Å². The third-order valence-corrected chi connectivity index (χ3v) is 6.84. The minimum absolute atomic E-state index is 0.174. The number of carbonyl (C=O) groups is 2. The van der Waals surface area contributed by atoms with Crippen molar-refractivity contribution in [1.82, 2.24) is 9.21 Å². The molecule has 34 heavy (non-hydrogen) atoms. The van der Waals surface area contributed by atoms with E-state index in [0.717, 1.165) is 27.6 Å². The molecule has 2 amide bonds. The molecule has 3 rings (SSSR count). The van der Waals surface area contributed by atoms with Crippen LogP contribution in [0.1, 0.15) is 28.4 Å². The third-order valence-electron chi connectivity index (χ3n) is 5.57. The molecule has 0 aromatic heterocycles. The first-order chi connectivity index (χ1) is 15.7. The monoisotopic (exact) mass is 501 g/mol. The molecule has 2 aromatic rings. The smallest absolute Gasteiger partial charge is 0.332 e. The molecule has 1 aliphatic rings. The molecule has 1 atom stereocenters. The van der Waals surface area contributed by atoms with Gasteiger partial charge >= 0.3 is 5.92 Å². The first-order valence-electron chi connectivity index (χ1n) is 10.2. The highest BCUT2D eigenvalue weighted by Gasteiger charge is 2.48. The number of sulfonamides is 1. The van der Waals surface area contributed by atoms with Gasteiger partial charge < -0.3 is 10.2 Å². The van der Waals surface area contributed by atoms with Crippen molar-refractivity contribution >= 4 is 27.5 Å². The SMILES string of the molecule is Cc1cc(NC(=O)c2ccc(F)c(C(F)(F)C(=O)N3CCN(S(C)(=O)=O)C[C@@H]3C)c2)ccc1F. The molecular formula is C22H23F4N3O4S. The molecule has 1 heterocycles. The van der Waals surface area contributed by atoms with Crippen molar-refractivity contribution in [2.75, 3.05) is 31.2 Å². The summed E-state index contributed by atoms with van der Waals surface area (Å²) in [5, 5.41) is 2.41. The fraction of sp³-hybridized carbons (Fsp3) is 0.364. The zero-order valence-electron chi connectivity index (χ0n) is 18.6. The number of amides is 2. The summed E-state index contributed by atoms with van der Waals surface area (Å²) in [6.07, 6.45) is 0.977. The Morgan fingerprint density at radius 3 is 2.29 bits per heavy atom. The number of rotatable bonds is 5. The quantitative estimate of drug-likeness (QED) is 0.638. The number of anilines is 1. The van der Waals surface area contributed by atoms with Gasteiger partial charge in [-0.25, -0.2) is 17.2 Å². The van der Waals surface area contributed by atoms with E-state index in [2.05, 4.69) is 5.32 Å². The number of halogens is 4. The van der Waals surface area contributed by atoms with Gasteiger partial charge in [-0.3, -0.25) is 9.59 Å². The van der Waals surface area contributed by atoms with Crippen LogP contribution in [0.5, 0.6) is 0 Å². The van der Waals surface area contributed by atoms with Gasteiger partial charge in [-0.05, 0) is 55.8 Å². The topological polar surface area (TPSA) is 86.8 Å². The lowest BCUT2D eigenvalue weighted by Gasteiger charge is -2.40. The highest BCUT2D eigenvalue weighted by molar-refractivity contribution is 7.88. The molecule has 0 radical (unpaired) electrons. The van der Waals surface area contributed by atoms with Crippen molar-refractivity contribution in [3.05, 3.63) is 64.7 Å². The molecule has 0 saturated carbocycles. The molecule has 0 aliphatic carbocycles. The van der Waals surface area contributed by atoms with Gasteiger partial charge in [0.15, 0.2) is 0 Å². The fourth-order valence-corrected chi connectivity index (χ4v) is 4.56. The molecule has 0 bridgehead atoms. The highest BCUT2D eigenvalue weighted by atomic mass is 32.2. The van der Waals surface area contributed by atoms with Crippen LogP contribution in [0.4, 0.5) is 23.2 Å². The Morgan fingerprint density at radius 2 is 1.71 bits per heavy atom. The molecule has 1 N–H and O–H groups in total. The number of nitrogens with zero attached hydrogens (tertiary/aromatic N) is 2. The summed E-state index contributed by atoms with van der Waals surface area (Å²) in [5.41, 5.74) is -1.16. The van der Waals surface area contributed by atoms with E-state index in [4.69, 9.17) is 0 Å². The maximum absolute atomic E-state index is 15.1. The van der Waals surface area contributed by atoms with Gasteiger partial charge in [0.05, 0.1) is 11.8 Å². The van der Waals surface area contributed by atoms with Gasteiger partial charge in [-0.2, -0.15) is 13.1 Å². The lowest BCUT2D eigenvalue weighted by molar-refractivity contribution is -0.163. The summed E-state index contributed by atoms with van der Waals surface area (Å²) < 4.78 is 82.5. The Kier molecular flexibility index (Phi) is 7.04. The zero-order valence-corrected chi connectivity index (χ0v) is 19.4. The number of alkyl halides is 2. The Hall–Kier alpha value is -2.99. The number of piperazine rings is 1. The Bertz CT molecular complexity index is 1240. The maximum atomic E-state index is 15.1. The number of carbonyl (C=O) groups excluding carboxylic acids is 2. The van der Waals surface area contributed by atoms with Crippen molar-refractivity contribution in [2.45, 2.75) is 25.8 Å². The number of aryl methyl sites for hydroxylation is 1. The second-order valence-corrected chi connectivity index (χ2v) is 10.1. The summed E-state index contributed by atoms with van der Waals surface area (Å²) in [6.45, 7) is 2.24. The van der Waals surface area contributed by atoms with Gasteiger partial charge in [0.25, 0.3) is 11.8 Å². The highest BCUT2D eigenvalue weighted by Crippen LogP contribution is 2.34. The number of nitrogens with one attached hydrogen (secondary N) is 1. The molecule has 1 saturated heterocycles. The predicted octanol–water partition coefficient (Wildman–Crippen LogP) is 3.11. The van der Waals surface area contributed by atoms with E-state index in [9.17, 15) is 26.8 Å². The normalized spacial score (nSPS) is 17.5. The van der Waals surface area contributed by atoms with E-state index < -0.39 is 51.0 Å². The maximum Gasteiger partial charge on any atom is 0.352 e. The van der Waals surface area contributed by atoms with Crippen LogP contribution in [0.2, 0.25) is 0 Å². The van der Waals surface area contributed by atoms with Crippen molar-refractivity contribution in [2.24, 2.45) is 0 Å². The van der Waals surface area contributed by atoms with Gasteiger partial charge in [-0.15, -0.1) is 0 Å². The van der Waals surface area contributed by atoms with E-state index in [1.54, 1.807) is 0 Å². The Labute approximate surface area is 194 Å². The van der Waals surface area contributed by atoms with Crippen LogP contribution in [0.3, 0.4) is 0 Å². The second kappa shape index (κ2) is 9.34. The molecule has 0 spiro atoms. The molecule has 2 aromatic carbocycles. The molecule has 12 heteroatoms. The molecule has 1 aliphatic heterocycles. The number of benzene rings is 2. The first-order valence-corrected chi connectivity index (χ1v) is 12.1. The zero-order chi connectivity index (χ0) is 25.4.